The van der Waals surface area contributed by atoms with Crippen LogP contribution >= 0.6 is 0 Å². The lowest BCUT2D eigenvalue weighted by Crippen LogP contribution is -2.06. The summed E-state index contributed by atoms with van der Waals surface area (Å²) in [6.45, 7) is 4.22. The van der Waals surface area contributed by atoms with E-state index < -0.39 is 0 Å². The van der Waals surface area contributed by atoms with Crippen LogP contribution in [0.4, 0.5) is 0 Å². The van der Waals surface area contributed by atoms with E-state index in [1.165, 1.54) is 32.1 Å². The molecule has 0 bridgehead atoms. The average Bonchev–Trinajstić information content (AvgIpc) is 2.65. The van der Waals surface area contributed by atoms with Crippen LogP contribution in [-0.4, -0.2) is 12.6 Å². The zero-order valence-corrected chi connectivity index (χ0v) is 8.96. The van der Waals surface area contributed by atoms with Gasteiger partial charge in [0.2, 0.25) is 0 Å². The van der Waals surface area contributed by atoms with Gasteiger partial charge in [-0.15, -0.1) is 0 Å². The number of hydrogen-bond acceptors (Lipinski definition) is 2. The lowest BCUT2D eigenvalue weighted by atomic mass is 10.0. The van der Waals surface area contributed by atoms with E-state index in [4.69, 9.17) is 4.74 Å². The fraction of sp³-hybridized carbons (Fsp3) is 0.833. The zero-order valence-electron chi connectivity index (χ0n) is 8.96. The SMILES string of the molecule is [CH2]CCC(=O)OCCCC1CCCC1. The molecule has 2 heteroatoms. The van der Waals surface area contributed by atoms with Crippen LogP contribution in [0.1, 0.15) is 51.4 Å². The van der Waals surface area contributed by atoms with Crippen molar-refractivity contribution in [1.82, 2.24) is 0 Å². The van der Waals surface area contributed by atoms with Gasteiger partial charge < -0.3 is 4.74 Å². The molecule has 0 unspecified atom stereocenters. The van der Waals surface area contributed by atoms with Gasteiger partial charge >= 0.3 is 5.97 Å². The van der Waals surface area contributed by atoms with Crippen molar-refractivity contribution in [3.8, 4) is 0 Å². The van der Waals surface area contributed by atoms with Gasteiger partial charge in [0.05, 0.1) is 6.61 Å². The maximum Gasteiger partial charge on any atom is 0.305 e. The van der Waals surface area contributed by atoms with Gasteiger partial charge in [-0.2, -0.15) is 0 Å². The summed E-state index contributed by atoms with van der Waals surface area (Å²) in [5, 5.41) is 0. The first kappa shape index (κ1) is 11.5. The van der Waals surface area contributed by atoms with Gasteiger partial charge in [-0.3, -0.25) is 4.79 Å². The number of rotatable bonds is 6. The molecule has 0 atom stereocenters. The van der Waals surface area contributed by atoms with Crippen LogP contribution in [0.15, 0.2) is 0 Å². The Balaban J connectivity index is 1.90. The molecular weight excluding hydrogens is 176 g/mol. The molecular formula is C12H21O2. The van der Waals surface area contributed by atoms with Gasteiger partial charge in [-0.05, 0) is 25.2 Å². The Morgan fingerprint density at radius 2 is 2.07 bits per heavy atom. The van der Waals surface area contributed by atoms with Crippen LogP contribution in [-0.2, 0) is 9.53 Å². The van der Waals surface area contributed by atoms with E-state index in [9.17, 15) is 4.79 Å². The molecule has 0 N–H and O–H groups in total. The molecule has 1 rings (SSSR count). The molecule has 14 heavy (non-hydrogen) atoms. The van der Waals surface area contributed by atoms with Gasteiger partial charge in [0.25, 0.3) is 0 Å². The van der Waals surface area contributed by atoms with E-state index in [1.54, 1.807) is 0 Å². The molecule has 1 aliphatic rings. The van der Waals surface area contributed by atoms with E-state index >= 15 is 0 Å². The molecule has 81 valence electrons. The number of hydrogen-bond donors (Lipinski definition) is 0. The van der Waals surface area contributed by atoms with Crippen LogP contribution < -0.4 is 0 Å². The van der Waals surface area contributed by atoms with Crippen molar-refractivity contribution in [3.05, 3.63) is 6.92 Å². The second-order valence-corrected chi connectivity index (χ2v) is 4.12. The molecule has 2 nitrogen and oxygen atoms in total. The minimum atomic E-state index is -0.0913. The van der Waals surface area contributed by atoms with Gasteiger partial charge in [-0.1, -0.05) is 32.6 Å². The predicted molar refractivity (Wildman–Crippen MR) is 56.7 cm³/mol. The first-order valence-electron chi connectivity index (χ1n) is 5.78. The molecule has 1 aliphatic carbocycles. The lowest BCUT2D eigenvalue weighted by molar-refractivity contribution is -0.143. The van der Waals surface area contributed by atoms with Crippen LogP contribution in [0.5, 0.6) is 0 Å². The van der Waals surface area contributed by atoms with Crippen LogP contribution in [0.25, 0.3) is 0 Å². The lowest BCUT2D eigenvalue weighted by Gasteiger charge is -2.08. The Morgan fingerprint density at radius 3 is 2.71 bits per heavy atom. The predicted octanol–water partition coefficient (Wildman–Crippen LogP) is 3.11. The summed E-state index contributed by atoms with van der Waals surface area (Å²) in [7, 11) is 0. The minimum absolute atomic E-state index is 0.0913. The average molecular weight is 197 g/mol. The van der Waals surface area contributed by atoms with Crippen molar-refractivity contribution in [1.29, 1.82) is 0 Å². The molecule has 0 aromatic heterocycles. The molecule has 0 aliphatic heterocycles. The maximum atomic E-state index is 11.0. The highest BCUT2D eigenvalue weighted by molar-refractivity contribution is 5.69. The Morgan fingerprint density at radius 1 is 1.36 bits per heavy atom. The minimum Gasteiger partial charge on any atom is -0.466 e. The molecule has 0 amide bonds. The summed E-state index contributed by atoms with van der Waals surface area (Å²) in [5.41, 5.74) is 0. The van der Waals surface area contributed by atoms with E-state index in [1.807, 2.05) is 0 Å². The highest BCUT2D eigenvalue weighted by atomic mass is 16.5. The molecule has 0 heterocycles. The van der Waals surface area contributed by atoms with E-state index in [0.717, 1.165) is 12.3 Å². The van der Waals surface area contributed by atoms with Crippen LogP contribution in [0.2, 0.25) is 0 Å². The molecule has 0 spiro atoms. The Bertz CT molecular complexity index is 160. The molecule has 0 aromatic carbocycles. The fourth-order valence-corrected chi connectivity index (χ4v) is 2.07. The summed E-state index contributed by atoms with van der Waals surface area (Å²) in [6.07, 6.45) is 8.92. The third kappa shape index (κ3) is 4.64. The molecule has 0 aromatic rings. The topological polar surface area (TPSA) is 26.3 Å². The summed E-state index contributed by atoms with van der Waals surface area (Å²) >= 11 is 0. The number of ether oxygens (including phenoxy) is 1. The second-order valence-electron chi connectivity index (χ2n) is 4.12. The number of esters is 1. The Labute approximate surface area is 87.0 Å². The van der Waals surface area contributed by atoms with Crippen molar-refractivity contribution < 1.29 is 9.53 Å². The van der Waals surface area contributed by atoms with E-state index in [0.29, 0.717) is 19.4 Å². The molecule has 1 fully saturated rings. The van der Waals surface area contributed by atoms with Crippen molar-refractivity contribution in [2.75, 3.05) is 6.61 Å². The van der Waals surface area contributed by atoms with Gasteiger partial charge in [0.15, 0.2) is 0 Å². The Hall–Kier alpha value is -0.530. The third-order valence-corrected chi connectivity index (χ3v) is 2.88. The molecule has 0 saturated heterocycles. The molecule has 1 saturated carbocycles. The quantitative estimate of drug-likeness (QED) is 0.483. The summed E-state index contributed by atoms with van der Waals surface area (Å²) in [5.74, 6) is 0.813. The van der Waals surface area contributed by atoms with E-state index in [-0.39, 0.29) is 5.97 Å². The highest BCUT2D eigenvalue weighted by Crippen LogP contribution is 2.28. The number of carbonyl (C=O) groups is 1. The summed E-state index contributed by atoms with van der Waals surface area (Å²) < 4.78 is 5.06. The van der Waals surface area contributed by atoms with Gasteiger partial charge in [-0.25, -0.2) is 0 Å². The van der Waals surface area contributed by atoms with Crippen molar-refractivity contribution in [3.63, 3.8) is 0 Å². The third-order valence-electron chi connectivity index (χ3n) is 2.88. The zero-order chi connectivity index (χ0) is 10.2. The summed E-state index contributed by atoms with van der Waals surface area (Å²) in [4.78, 5) is 11.0. The second kappa shape index (κ2) is 6.86. The number of carbonyl (C=O) groups excluding carboxylic acids is 1. The van der Waals surface area contributed by atoms with Crippen molar-refractivity contribution >= 4 is 5.97 Å². The maximum absolute atomic E-state index is 11.0. The first-order valence-corrected chi connectivity index (χ1v) is 5.78. The van der Waals surface area contributed by atoms with Gasteiger partial charge in [0, 0.05) is 6.42 Å². The smallest absolute Gasteiger partial charge is 0.305 e. The van der Waals surface area contributed by atoms with Crippen LogP contribution in [0, 0.1) is 12.8 Å². The first-order chi connectivity index (χ1) is 6.83. The summed E-state index contributed by atoms with van der Waals surface area (Å²) in [6, 6.07) is 0. The Kier molecular flexibility index (Phi) is 5.65. The highest BCUT2D eigenvalue weighted by Gasteiger charge is 2.14. The standard InChI is InChI=1S/C12H21O2/c1-2-6-12(13)14-10-5-9-11-7-3-4-8-11/h11H,1-10H2. The largest absolute Gasteiger partial charge is 0.466 e. The van der Waals surface area contributed by atoms with Crippen molar-refractivity contribution in [2.45, 2.75) is 51.4 Å². The van der Waals surface area contributed by atoms with E-state index in [2.05, 4.69) is 6.92 Å². The fourth-order valence-electron chi connectivity index (χ4n) is 2.07. The van der Waals surface area contributed by atoms with Crippen LogP contribution in [0.3, 0.4) is 0 Å². The van der Waals surface area contributed by atoms with Gasteiger partial charge in [0.1, 0.15) is 0 Å². The molecule has 1 radical (unpaired) electrons. The van der Waals surface area contributed by atoms with Crippen molar-refractivity contribution in [2.24, 2.45) is 5.92 Å². The monoisotopic (exact) mass is 197 g/mol. The normalized spacial score (nSPS) is 17.2.